The van der Waals surface area contributed by atoms with Crippen molar-refractivity contribution in [1.29, 1.82) is 0 Å². The summed E-state index contributed by atoms with van der Waals surface area (Å²) in [5, 5.41) is 35.8. The van der Waals surface area contributed by atoms with Crippen LogP contribution < -0.4 is 10.6 Å². The van der Waals surface area contributed by atoms with Crippen LogP contribution in [0.15, 0.2) is 61.1 Å². The van der Waals surface area contributed by atoms with Gasteiger partial charge in [0, 0.05) is 55.6 Å². The van der Waals surface area contributed by atoms with Crippen molar-refractivity contribution in [1.82, 2.24) is 50.1 Å². The summed E-state index contributed by atoms with van der Waals surface area (Å²) < 4.78 is 41.3. The number of methoxy groups -OCH3 is 1. The number of carbonyl (C=O) groups excluding carboxylic acids is 4. The number of aryl methyl sites for hydroxylation is 1. The van der Waals surface area contributed by atoms with Crippen molar-refractivity contribution < 1.29 is 52.7 Å². The number of amides is 2. The number of ketones is 1. The number of rotatable bonds is 15. The molecule has 1 aromatic carbocycles. The van der Waals surface area contributed by atoms with Crippen LogP contribution in [0.4, 0.5) is 15.3 Å². The number of unbranched alkanes of at least 4 members (excludes halogenated alkanes) is 1. The minimum atomic E-state index is -1.30. The van der Waals surface area contributed by atoms with Crippen molar-refractivity contribution in [2.24, 2.45) is 17.8 Å². The summed E-state index contributed by atoms with van der Waals surface area (Å²) in [5.41, 5.74) is 0.145. The maximum Gasteiger partial charge on any atom is 0.412 e. The van der Waals surface area contributed by atoms with Crippen molar-refractivity contribution in [2.75, 3.05) is 39.6 Å². The number of cyclic esters (lactones) is 1. The van der Waals surface area contributed by atoms with E-state index in [4.69, 9.17) is 28.4 Å². The normalized spacial score (nSPS) is 30.8. The van der Waals surface area contributed by atoms with Crippen LogP contribution >= 0.6 is 0 Å². The molecule has 3 N–H and O–H groups in total. The van der Waals surface area contributed by atoms with Crippen molar-refractivity contribution >= 4 is 29.6 Å². The summed E-state index contributed by atoms with van der Waals surface area (Å²) in [6.07, 6.45) is 1.88. The molecule has 7 rings (SSSR count). The number of likely N-dealkylation sites (N-methyl/N-ethyl adjacent to an activating group) is 1. The van der Waals surface area contributed by atoms with Crippen molar-refractivity contribution in [3.63, 3.8) is 0 Å². The fourth-order valence-corrected chi connectivity index (χ4v) is 11.2. The summed E-state index contributed by atoms with van der Waals surface area (Å²) in [6, 6.07) is 11.5. The number of aliphatic hydroxyl groups excluding tert-OH is 1. The Morgan fingerprint density at radius 2 is 1.68 bits per heavy atom. The summed E-state index contributed by atoms with van der Waals surface area (Å²) in [4.78, 5) is 63.6. The molecule has 22 nitrogen and oxygen atoms in total. The molecule has 77 heavy (non-hydrogen) atoms. The van der Waals surface area contributed by atoms with E-state index < -0.39 is 95.4 Å². The number of aromatic nitrogens is 7. The van der Waals surface area contributed by atoms with Gasteiger partial charge in [0.15, 0.2) is 17.7 Å². The van der Waals surface area contributed by atoms with E-state index in [1.165, 1.54) is 6.92 Å². The zero-order valence-electron chi connectivity index (χ0n) is 47.0. The summed E-state index contributed by atoms with van der Waals surface area (Å²) >= 11 is 0. The quantitative estimate of drug-likeness (QED) is 0.0505. The molecule has 0 saturated carbocycles. The number of Topliss-reactive ketones (excluding diaryl/α,β-unsaturated/α-hetero) is 1. The highest BCUT2D eigenvalue weighted by molar-refractivity contribution is 6.00. The van der Waals surface area contributed by atoms with Crippen LogP contribution in [0, 0.1) is 17.8 Å². The number of esters is 1. The predicted molar refractivity (Wildman–Crippen MR) is 285 cm³/mol. The molecule has 3 aliphatic heterocycles. The topological polar surface area (TPSA) is 249 Å². The molecule has 3 saturated heterocycles. The lowest BCUT2D eigenvalue weighted by Crippen LogP contribution is -2.61. The van der Waals surface area contributed by atoms with Gasteiger partial charge >= 0.3 is 18.2 Å². The van der Waals surface area contributed by atoms with Crippen LogP contribution in [-0.2, 0) is 51.1 Å². The number of hydrogen-bond donors (Lipinski definition) is 3. The van der Waals surface area contributed by atoms with Gasteiger partial charge in [-0.3, -0.25) is 29.5 Å². The zero-order chi connectivity index (χ0) is 56.0. The van der Waals surface area contributed by atoms with Gasteiger partial charge in [-0.25, -0.2) is 14.3 Å². The summed E-state index contributed by atoms with van der Waals surface area (Å²) in [6.45, 7) is 19.9. The van der Waals surface area contributed by atoms with E-state index in [-0.39, 0.29) is 12.0 Å². The molecule has 3 aromatic heterocycles. The third-order valence-corrected chi connectivity index (χ3v) is 15.2. The van der Waals surface area contributed by atoms with E-state index in [0.717, 1.165) is 5.56 Å². The van der Waals surface area contributed by atoms with Gasteiger partial charge < -0.3 is 43.7 Å². The minimum Gasteiger partial charge on any atom is -0.458 e. The molecule has 422 valence electrons. The molecule has 13 atom stereocenters. The van der Waals surface area contributed by atoms with E-state index in [1.807, 2.05) is 76.3 Å². The van der Waals surface area contributed by atoms with Crippen LogP contribution in [-0.4, -0.2) is 174 Å². The highest BCUT2D eigenvalue weighted by Gasteiger charge is 2.59. The first-order chi connectivity index (χ1) is 36.4. The van der Waals surface area contributed by atoms with Gasteiger partial charge in [-0.05, 0) is 131 Å². The summed E-state index contributed by atoms with van der Waals surface area (Å²) in [5.74, 6) is -3.51. The molecule has 0 aliphatic carbocycles. The number of ether oxygens (including phenoxy) is 6. The number of aliphatic hydroxyl groups is 1. The van der Waals surface area contributed by atoms with E-state index in [9.17, 15) is 24.3 Å². The largest absolute Gasteiger partial charge is 0.458 e. The van der Waals surface area contributed by atoms with Gasteiger partial charge in [-0.2, -0.15) is 0 Å². The van der Waals surface area contributed by atoms with Gasteiger partial charge in [-0.1, -0.05) is 49.4 Å². The minimum absolute atomic E-state index is 0.0905. The Kier molecular flexibility index (Phi) is 18.9. The van der Waals surface area contributed by atoms with Gasteiger partial charge in [0.25, 0.3) is 0 Å². The molecule has 0 radical (unpaired) electrons. The molecule has 4 aromatic rings. The Bertz CT molecular complexity index is 2630. The fraction of sp³-hybridized carbons (Fsp3) is 0.655. The second kappa shape index (κ2) is 24.8. The smallest absolute Gasteiger partial charge is 0.412 e. The number of fused-ring (bicyclic) bond motifs is 1. The number of nitrogens with one attached hydrogen (secondary N) is 2. The van der Waals surface area contributed by atoms with Crippen LogP contribution in [0.2, 0.25) is 0 Å². The molecular weight excluding hydrogens is 991 g/mol. The number of hydrogen-bond acceptors (Lipinski definition) is 18. The highest BCUT2D eigenvalue weighted by Crippen LogP contribution is 2.40. The lowest BCUT2D eigenvalue weighted by molar-refractivity contribution is -0.299. The van der Waals surface area contributed by atoms with E-state index in [1.54, 1.807) is 80.5 Å². The maximum atomic E-state index is 14.8. The molecule has 2 amide bonds. The first kappa shape index (κ1) is 58.8. The van der Waals surface area contributed by atoms with E-state index in [0.29, 0.717) is 81.1 Å². The molecule has 0 spiro atoms. The van der Waals surface area contributed by atoms with Crippen molar-refractivity contribution in [3.05, 3.63) is 61.1 Å². The molecule has 3 aliphatic rings. The van der Waals surface area contributed by atoms with Crippen molar-refractivity contribution in [2.45, 2.75) is 180 Å². The zero-order valence-corrected chi connectivity index (χ0v) is 47.0. The number of nitrogens with zero attached hydrogens (tertiary/aromatic N) is 9. The molecule has 3 fully saturated rings. The highest BCUT2D eigenvalue weighted by atomic mass is 16.7. The first-order valence-electron chi connectivity index (χ1n) is 26.9. The summed E-state index contributed by atoms with van der Waals surface area (Å²) in [7, 11) is 5.34. The van der Waals surface area contributed by atoms with E-state index >= 15 is 0 Å². The lowest BCUT2D eigenvalue weighted by atomic mass is 9.78. The third-order valence-electron chi connectivity index (χ3n) is 15.2. The third kappa shape index (κ3) is 14.0. The van der Waals surface area contributed by atoms with Crippen LogP contribution in [0.3, 0.4) is 0 Å². The fourth-order valence-electron chi connectivity index (χ4n) is 11.2. The molecule has 6 heterocycles. The number of pyridine rings is 1. The second-order valence-corrected chi connectivity index (χ2v) is 22.7. The monoisotopic (exact) mass is 1070 g/mol. The van der Waals surface area contributed by atoms with Gasteiger partial charge in [0.2, 0.25) is 0 Å². The number of benzene rings is 1. The number of anilines is 1. The Morgan fingerprint density at radius 3 is 2.36 bits per heavy atom. The lowest BCUT2D eigenvalue weighted by Gasteiger charge is -2.47. The average molecular weight is 1070 g/mol. The van der Waals surface area contributed by atoms with Crippen LogP contribution in [0.1, 0.15) is 101 Å². The predicted octanol–water partition coefficient (Wildman–Crippen LogP) is 6.38. The van der Waals surface area contributed by atoms with Gasteiger partial charge in [0.05, 0.1) is 48.5 Å². The molecular formula is C55H81N11O11. The first-order valence-corrected chi connectivity index (χ1v) is 26.9. The van der Waals surface area contributed by atoms with Crippen LogP contribution in [0.25, 0.3) is 22.6 Å². The van der Waals surface area contributed by atoms with Crippen LogP contribution in [0.5, 0.6) is 0 Å². The van der Waals surface area contributed by atoms with Gasteiger partial charge in [0.1, 0.15) is 35.1 Å². The standard InChI is InChI=1S/C55H81N11O11/c1-14-44-55(10)47(66(52(71)77-55)25-18-17-24-64-31-41(59-61-64)37-20-19-21-38(26-37)58-51(70)76-53(6,7)8)36(5)57-29-33(2)28-54(9,72-13)48(34(3)45(67)35(4)49(69)74-44)75-50-46(68)43(63(11)12)27-39(73-50)30-65-32-42(60-62-65)40-22-15-16-23-56-40/h15-16,19-23,26,31-36,39,43-44,46-48,50,57,68H,14,17-18,24-25,27-30H2,1-13H3,(H,58,70)/t33-,34+,35-,36-,39?,43?,44-,46?,47-,48-,50+,54-,55-/m1/s1. The van der Waals surface area contributed by atoms with Gasteiger partial charge in [-0.15, -0.1) is 10.2 Å². The Morgan fingerprint density at radius 1 is 0.961 bits per heavy atom. The van der Waals surface area contributed by atoms with E-state index in [2.05, 4.69) is 43.2 Å². The Balaban J connectivity index is 1.06. The molecule has 22 heteroatoms. The molecule has 3 unspecified atom stereocenters. The molecule has 0 bridgehead atoms. The maximum absolute atomic E-state index is 14.8. The Labute approximate surface area is 452 Å². The second-order valence-electron chi connectivity index (χ2n) is 22.7. The Hall–Kier alpha value is -5.91. The number of carbonyl (C=O) groups is 4. The van der Waals surface area contributed by atoms with Crippen molar-refractivity contribution in [3.8, 4) is 22.6 Å². The average Bonchev–Trinajstić information content (AvgIpc) is 4.17. The SMILES string of the molecule is CC[C@H]1OC(=O)[C@H](C)C(=O)[C@H](C)[C@@H](O[C@@H]2OC(Cn3cc(-c4ccccn4)nn3)CC(N(C)C)C2O)[C@](C)(OC)C[C@@H](C)CN[C@H](C)[C@H]2N(CCCCn3cc(-c4cccc(NC(=O)OC(C)(C)C)c4)nn3)C(=O)O[C@]12C.